The van der Waals surface area contributed by atoms with Crippen LogP contribution in [0, 0.1) is 5.92 Å². The Morgan fingerprint density at radius 3 is 2.65 bits per heavy atom. The molecule has 2 atom stereocenters. The first kappa shape index (κ1) is 13.0. The summed E-state index contributed by atoms with van der Waals surface area (Å²) in [5.74, 6) is 1.56. The van der Waals surface area contributed by atoms with Gasteiger partial charge in [0.25, 0.3) is 0 Å². The first-order valence-electron chi connectivity index (χ1n) is 6.37. The van der Waals surface area contributed by atoms with Gasteiger partial charge in [-0.25, -0.2) is 0 Å². The molecule has 0 heterocycles. The van der Waals surface area contributed by atoms with Crippen molar-refractivity contribution in [3.05, 3.63) is 35.4 Å². The Morgan fingerprint density at radius 2 is 2.00 bits per heavy atom. The van der Waals surface area contributed by atoms with Gasteiger partial charge in [0.05, 0.1) is 6.10 Å². The molecule has 0 spiro atoms. The van der Waals surface area contributed by atoms with Crippen molar-refractivity contribution in [1.29, 1.82) is 0 Å². The molecule has 0 aliphatic heterocycles. The maximum Gasteiger partial charge on any atom is 0.0824 e. The van der Waals surface area contributed by atoms with Gasteiger partial charge in [-0.1, -0.05) is 45.0 Å². The summed E-state index contributed by atoms with van der Waals surface area (Å²) in [5.41, 5.74) is 2.49. The first-order chi connectivity index (χ1) is 7.97. The molecule has 1 aromatic carbocycles. The number of aliphatic hydroxyl groups is 1. The lowest BCUT2D eigenvalue weighted by atomic mass is 10.0. The van der Waals surface area contributed by atoms with Crippen LogP contribution in [-0.2, 0) is 6.42 Å². The molecule has 1 nitrogen and oxygen atoms in total. The first-order valence-corrected chi connectivity index (χ1v) is 7.36. The molecule has 0 radical (unpaired) electrons. The van der Waals surface area contributed by atoms with Crippen molar-refractivity contribution in [2.45, 2.75) is 44.5 Å². The molecule has 0 saturated carbocycles. The van der Waals surface area contributed by atoms with Crippen LogP contribution in [0.1, 0.15) is 44.4 Å². The van der Waals surface area contributed by atoms with Crippen LogP contribution in [-0.4, -0.2) is 15.6 Å². The zero-order valence-corrected chi connectivity index (χ0v) is 11.8. The Bertz CT molecular complexity index is 381. The average Bonchev–Trinajstić information content (AvgIpc) is 2.55. The highest BCUT2D eigenvalue weighted by molar-refractivity contribution is 8.00. The summed E-state index contributed by atoms with van der Waals surface area (Å²) >= 11 is 1.99. The van der Waals surface area contributed by atoms with Crippen LogP contribution in [0.4, 0.5) is 0 Å². The highest BCUT2D eigenvalue weighted by atomic mass is 32.2. The van der Waals surface area contributed by atoms with E-state index in [0.717, 1.165) is 24.2 Å². The van der Waals surface area contributed by atoms with Crippen LogP contribution in [0.15, 0.2) is 24.3 Å². The summed E-state index contributed by atoms with van der Waals surface area (Å²) < 4.78 is 0.330. The Morgan fingerprint density at radius 1 is 1.29 bits per heavy atom. The minimum absolute atomic E-state index is 0.244. The van der Waals surface area contributed by atoms with Crippen LogP contribution >= 0.6 is 11.8 Å². The van der Waals surface area contributed by atoms with Gasteiger partial charge in [0.1, 0.15) is 0 Å². The quantitative estimate of drug-likeness (QED) is 0.880. The molecule has 0 amide bonds. The largest absolute Gasteiger partial charge is 0.388 e. The summed E-state index contributed by atoms with van der Waals surface area (Å²) in [6, 6.07) is 8.30. The van der Waals surface area contributed by atoms with E-state index in [-0.39, 0.29) is 6.10 Å². The van der Waals surface area contributed by atoms with Gasteiger partial charge in [-0.2, -0.15) is 11.8 Å². The molecule has 0 saturated heterocycles. The van der Waals surface area contributed by atoms with Crippen molar-refractivity contribution in [3.8, 4) is 0 Å². The van der Waals surface area contributed by atoms with Crippen molar-refractivity contribution in [2.75, 3.05) is 5.75 Å². The SMILES string of the molecule is CC(C)(C)SCCC1Cc2ccccc2C1O. The topological polar surface area (TPSA) is 20.2 Å². The van der Waals surface area contributed by atoms with Crippen molar-refractivity contribution < 1.29 is 5.11 Å². The van der Waals surface area contributed by atoms with Gasteiger partial charge in [-0.3, -0.25) is 0 Å². The Balaban J connectivity index is 1.90. The van der Waals surface area contributed by atoms with Crippen LogP contribution in [0.5, 0.6) is 0 Å². The molecule has 1 aromatic rings. The van der Waals surface area contributed by atoms with E-state index in [9.17, 15) is 5.11 Å². The molecule has 94 valence electrons. The third-order valence-corrected chi connectivity index (χ3v) is 4.63. The van der Waals surface area contributed by atoms with Gasteiger partial charge < -0.3 is 5.11 Å². The smallest absolute Gasteiger partial charge is 0.0824 e. The molecule has 2 unspecified atom stereocenters. The van der Waals surface area contributed by atoms with E-state index in [1.807, 2.05) is 17.8 Å². The number of hydrogen-bond donors (Lipinski definition) is 1. The zero-order chi connectivity index (χ0) is 12.5. The number of thioether (sulfide) groups is 1. The Labute approximate surface area is 109 Å². The molecule has 1 aliphatic carbocycles. The van der Waals surface area contributed by atoms with Crippen LogP contribution in [0.25, 0.3) is 0 Å². The molecule has 2 heteroatoms. The molecule has 2 rings (SSSR count). The molecule has 1 N–H and O–H groups in total. The number of fused-ring (bicyclic) bond motifs is 1. The molecule has 17 heavy (non-hydrogen) atoms. The van der Waals surface area contributed by atoms with Gasteiger partial charge in [0, 0.05) is 4.75 Å². The number of aliphatic hydroxyl groups excluding tert-OH is 1. The molecule has 0 aromatic heterocycles. The second-order valence-electron chi connectivity index (χ2n) is 5.86. The molecule has 0 fully saturated rings. The highest BCUT2D eigenvalue weighted by Gasteiger charge is 2.30. The van der Waals surface area contributed by atoms with Crippen LogP contribution in [0.3, 0.4) is 0 Å². The normalized spacial score (nSPS) is 23.8. The fourth-order valence-corrected chi connectivity index (χ4v) is 3.47. The summed E-state index contributed by atoms with van der Waals surface area (Å²) in [6.45, 7) is 6.74. The van der Waals surface area contributed by atoms with Gasteiger partial charge in [-0.15, -0.1) is 0 Å². The van der Waals surface area contributed by atoms with Crippen molar-refractivity contribution in [2.24, 2.45) is 5.92 Å². The second-order valence-corrected chi connectivity index (χ2v) is 7.78. The Kier molecular flexibility index (Phi) is 3.84. The lowest BCUT2D eigenvalue weighted by Gasteiger charge is -2.20. The number of benzene rings is 1. The predicted molar refractivity (Wildman–Crippen MR) is 75.4 cm³/mol. The average molecular weight is 250 g/mol. The molecular weight excluding hydrogens is 228 g/mol. The zero-order valence-electron chi connectivity index (χ0n) is 10.9. The van der Waals surface area contributed by atoms with Crippen molar-refractivity contribution in [1.82, 2.24) is 0 Å². The minimum atomic E-state index is -0.244. The van der Waals surface area contributed by atoms with Gasteiger partial charge in [0.15, 0.2) is 0 Å². The van der Waals surface area contributed by atoms with E-state index in [4.69, 9.17) is 0 Å². The highest BCUT2D eigenvalue weighted by Crippen LogP contribution is 2.39. The standard InChI is InChI=1S/C15H22OS/c1-15(2,3)17-9-8-12-10-11-6-4-5-7-13(11)14(12)16/h4-7,12,14,16H,8-10H2,1-3H3. The summed E-state index contributed by atoms with van der Waals surface area (Å²) in [5, 5.41) is 10.3. The van der Waals surface area contributed by atoms with E-state index in [1.165, 1.54) is 5.56 Å². The summed E-state index contributed by atoms with van der Waals surface area (Å²) in [7, 11) is 0. The summed E-state index contributed by atoms with van der Waals surface area (Å²) in [4.78, 5) is 0. The Hall–Kier alpha value is -0.470. The lowest BCUT2D eigenvalue weighted by molar-refractivity contribution is 0.121. The van der Waals surface area contributed by atoms with Crippen molar-refractivity contribution >= 4 is 11.8 Å². The fourth-order valence-electron chi connectivity index (χ4n) is 2.43. The van der Waals surface area contributed by atoms with Crippen LogP contribution in [0.2, 0.25) is 0 Å². The van der Waals surface area contributed by atoms with E-state index < -0.39 is 0 Å². The van der Waals surface area contributed by atoms with E-state index >= 15 is 0 Å². The van der Waals surface area contributed by atoms with E-state index in [0.29, 0.717) is 10.7 Å². The molecular formula is C15H22OS. The van der Waals surface area contributed by atoms with Gasteiger partial charge in [-0.05, 0) is 35.6 Å². The minimum Gasteiger partial charge on any atom is -0.388 e. The van der Waals surface area contributed by atoms with Gasteiger partial charge in [0.2, 0.25) is 0 Å². The molecule has 1 aliphatic rings. The second kappa shape index (κ2) is 5.03. The lowest BCUT2D eigenvalue weighted by Crippen LogP contribution is -2.12. The summed E-state index contributed by atoms with van der Waals surface area (Å²) in [6.07, 6.45) is 1.91. The van der Waals surface area contributed by atoms with E-state index in [1.54, 1.807) is 0 Å². The third kappa shape index (κ3) is 3.26. The maximum absolute atomic E-state index is 10.3. The maximum atomic E-state index is 10.3. The van der Waals surface area contributed by atoms with E-state index in [2.05, 4.69) is 39.0 Å². The fraction of sp³-hybridized carbons (Fsp3) is 0.600. The monoisotopic (exact) mass is 250 g/mol. The van der Waals surface area contributed by atoms with Gasteiger partial charge >= 0.3 is 0 Å². The third-order valence-electron chi connectivity index (χ3n) is 3.33. The number of hydrogen-bond acceptors (Lipinski definition) is 2. The molecule has 0 bridgehead atoms. The number of rotatable bonds is 3. The van der Waals surface area contributed by atoms with Crippen molar-refractivity contribution in [3.63, 3.8) is 0 Å². The predicted octanol–water partition coefficient (Wildman–Crippen LogP) is 3.81. The van der Waals surface area contributed by atoms with Crippen LogP contribution < -0.4 is 0 Å².